The average molecular weight is 379 g/mol. The Balaban J connectivity index is 2.84. The lowest BCUT2D eigenvalue weighted by atomic mass is 10.2. The van der Waals surface area contributed by atoms with E-state index >= 15 is 0 Å². The fourth-order valence-corrected chi connectivity index (χ4v) is 2.46. The summed E-state index contributed by atoms with van der Waals surface area (Å²) in [4.78, 5) is 17.8. The second-order valence-corrected chi connectivity index (χ2v) is 4.97. The van der Waals surface area contributed by atoms with Crippen molar-refractivity contribution in [1.82, 2.24) is 10.3 Å². The molecule has 1 heterocycles. The lowest BCUT2D eigenvalue weighted by Gasteiger charge is -2.14. The van der Waals surface area contributed by atoms with Crippen LogP contribution in [-0.4, -0.2) is 29.1 Å². The lowest BCUT2D eigenvalue weighted by Crippen LogP contribution is -2.31. The van der Waals surface area contributed by atoms with Crippen molar-refractivity contribution in [2.45, 2.75) is 6.04 Å². The van der Waals surface area contributed by atoms with Crippen LogP contribution < -0.4 is 5.32 Å². The second-order valence-electron chi connectivity index (χ2n) is 3.20. The van der Waals surface area contributed by atoms with Crippen molar-refractivity contribution in [3.05, 3.63) is 37.3 Å². The molecule has 18 heavy (non-hydrogen) atoms. The van der Waals surface area contributed by atoms with Crippen molar-refractivity contribution in [1.29, 1.82) is 0 Å². The van der Waals surface area contributed by atoms with Crippen LogP contribution in [0, 0.1) is 0 Å². The van der Waals surface area contributed by atoms with Gasteiger partial charge in [0.25, 0.3) is 0 Å². The largest absolute Gasteiger partial charge is 0.480 e. The first-order chi connectivity index (χ1) is 8.56. The summed E-state index contributed by atoms with van der Waals surface area (Å²) in [7, 11) is 0. The van der Waals surface area contributed by atoms with Crippen molar-refractivity contribution in [3.8, 4) is 0 Å². The standard InChI is InChI=1S/C9H9Br2N5O2/c10-5-3-6(11)7(14-4-5)8(9(17)18)13-1-2-15-16-12/h3-4,8,13H,1-2H2,(H,17,18). The Hall–Kier alpha value is -1.15. The number of pyridine rings is 1. The summed E-state index contributed by atoms with van der Waals surface area (Å²) in [5, 5.41) is 15.2. The normalized spacial score (nSPS) is 11.7. The van der Waals surface area contributed by atoms with E-state index in [1.807, 2.05) is 0 Å². The SMILES string of the molecule is [N-]=[N+]=NCCNC(C(=O)O)c1ncc(Br)cc1Br. The number of carboxylic acids is 1. The molecule has 96 valence electrons. The van der Waals surface area contributed by atoms with Crippen molar-refractivity contribution < 1.29 is 9.90 Å². The molecule has 0 saturated carbocycles. The minimum Gasteiger partial charge on any atom is -0.480 e. The minimum atomic E-state index is -1.05. The van der Waals surface area contributed by atoms with Gasteiger partial charge in [-0.25, -0.2) is 0 Å². The van der Waals surface area contributed by atoms with Crippen LogP contribution in [0.25, 0.3) is 10.4 Å². The molecule has 0 aromatic carbocycles. The van der Waals surface area contributed by atoms with Gasteiger partial charge in [-0.1, -0.05) is 5.11 Å². The van der Waals surface area contributed by atoms with Crippen LogP contribution in [0.4, 0.5) is 0 Å². The van der Waals surface area contributed by atoms with E-state index in [9.17, 15) is 4.79 Å². The van der Waals surface area contributed by atoms with Gasteiger partial charge in [0, 0.05) is 33.1 Å². The zero-order valence-electron chi connectivity index (χ0n) is 9.05. The lowest BCUT2D eigenvalue weighted by molar-refractivity contribution is -0.139. The van der Waals surface area contributed by atoms with Gasteiger partial charge >= 0.3 is 5.97 Å². The van der Waals surface area contributed by atoms with E-state index in [0.717, 1.165) is 4.47 Å². The molecule has 0 bridgehead atoms. The topological polar surface area (TPSA) is 111 Å². The third-order valence-electron chi connectivity index (χ3n) is 1.98. The molecule has 7 nitrogen and oxygen atoms in total. The number of rotatable bonds is 6. The van der Waals surface area contributed by atoms with E-state index in [1.165, 1.54) is 6.20 Å². The van der Waals surface area contributed by atoms with Gasteiger partial charge in [-0.2, -0.15) is 0 Å². The quantitative estimate of drug-likeness (QED) is 0.343. The zero-order chi connectivity index (χ0) is 13.5. The first-order valence-electron chi connectivity index (χ1n) is 4.84. The molecule has 0 aliphatic rings. The maximum atomic E-state index is 11.2. The summed E-state index contributed by atoms with van der Waals surface area (Å²) >= 11 is 6.50. The zero-order valence-corrected chi connectivity index (χ0v) is 12.2. The average Bonchev–Trinajstić information content (AvgIpc) is 2.30. The van der Waals surface area contributed by atoms with Crippen LogP contribution in [0.3, 0.4) is 0 Å². The number of azide groups is 1. The maximum absolute atomic E-state index is 11.2. The minimum absolute atomic E-state index is 0.175. The summed E-state index contributed by atoms with van der Waals surface area (Å²) < 4.78 is 1.33. The van der Waals surface area contributed by atoms with Crippen molar-refractivity contribution in [2.24, 2.45) is 5.11 Å². The highest BCUT2D eigenvalue weighted by atomic mass is 79.9. The number of hydrogen-bond donors (Lipinski definition) is 2. The highest BCUT2D eigenvalue weighted by molar-refractivity contribution is 9.11. The second kappa shape index (κ2) is 7.32. The van der Waals surface area contributed by atoms with Crippen LogP contribution in [0.1, 0.15) is 11.7 Å². The predicted molar refractivity (Wildman–Crippen MR) is 72.0 cm³/mol. The third kappa shape index (κ3) is 4.26. The Kier molecular flexibility index (Phi) is 6.06. The molecule has 0 aliphatic carbocycles. The van der Waals surface area contributed by atoms with Crippen LogP contribution in [0.2, 0.25) is 0 Å². The molecule has 1 aromatic rings. The van der Waals surface area contributed by atoms with E-state index in [0.29, 0.717) is 10.2 Å². The summed E-state index contributed by atoms with van der Waals surface area (Å²) in [6, 6.07) is 0.759. The van der Waals surface area contributed by atoms with Gasteiger partial charge in [0.1, 0.15) is 6.04 Å². The molecule has 0 saturated heterocycles. The molecule has 1 unspecified atom stereocenters. The summed E-state index contributed by atoms with van der Waals surface area (Å²) in [6.07, 6.45) is 1.52. The van der Waals surface area contributed by atoms with Gasteiger partial charge in [0.15, 0.2) is 0 Å². The summed E-state index contributed by atoms with van der Waals surface area (Å²) in [6.45, 7) is 0.430. The molecule has 1 aromatic heterocycles. The fourth-order valence-electron chi connectivity index (χ4n) is 1.24. The maximum Gasteiger partial charge on any atom is 0.327 e. The Labute approximate surface area is 119 Å². The molecule has 9 heteroatoms. The van der Waals surface area contributed by atoms with Crippen molar-refractivity contribution >= 4 is 37.8 Å². The molecule has 2 N–H and O–H groups in total. The van der Waals surface area contributed by atoms with Gasteiger partial charge in [0.05, 0.1) is 5.69 Å². The summed E-state index contributed by atoms with van der Waals surface area (Å²) in [5.41, 5.74) is 8.49. The van der Waals surface area contributed by atoms with Crippen molar-refractivity contribution in [3.63, 3.8) is 0 Å². The van der Waals surface area contributed by atoms with Gasteiger partial charge in [-0.3, -0.25) is 15.1 Å². The number of nitrogens with zero attached hydrogens (tertiary/aromatic N) is 4. The Morgan fingerprint density at radius 1 is 1.67 bits per heavy atom. The molecular formula is C9H9Br2N5O2. The first kappa shape index (κ1) is 14.9. The fraction of sp³-hybridized carbons (Fsp3) is 0.333. The van der Waals surface area contributed by atoms with E-state index in [2.05, 4.69) is 52.2 Å². The van der Waals surface area contributed by atoms with Crippen LogP contribution >= 0.6 is 31.9 Å². The van der Waals surface area contributed by atoms with E-state index in [1.54, 1.807) is 6.07 Å². The molecule has 0 fully saturated rings. The molecular weight excluding hydrogens is 370 g/mol. The molecule has 0 aliphatic heterocycles. The van der Waals surface area contributed by atoms with E-state index < -0.39 is 12.0 Å². The highest BCUT2D eigenvalue weighted by Crippen LogP contribution is 2.24. The highest BCUT2D eigenvalue weighted by Gasteiger charge is 2.22. The molecule has 1 atom stereocenters. The number of halogens is 2. The monoisotopic (exact) mass is 377 g/mol. The van der Waals surface area contributed by atoms with Crippen molar-refractivity contribution in [2.75, 3.05) is 13.1 Å². The molecule has 0 radical (unpaired) electrons. The van der Waals surface area contributed by atoms with Gasteiger partial charge in [-0.05, 0) is 43.5 Å². The van der Waals surface area contributed by atoms with E-state index in [-0.39, 0.29) is 13.1 Å². The Morgan fingerprint density at radius 2 is 2.39 bits per heavy atom. The number of carbonyl (C=O) groups is 1. The Morgan fingerprint density at radius 3 is 2.94 bits per heavy atom. The van der Waals surface area contributed by atoms with Crippen LogP contribution in [0.15, 0.2) is 26.3 Å². The number of carboxylic acid groups (broad SMARTS) is 1. The molecule has 1 rings (SSSR count). The number of nitrogens with one attached hydrogen (secondary N) is 1. The first-order valence-corrected chi connectivity index (χ1v) is 6.43. The Bertz CT molecular complexity index is 490. The third-order valence-corrected chi connectivity index (χ3v) is 3.05. The van der Waals surface area contributed by atoms with Gasteiger partial charge in [-0.15, -0.1) is 0 Å². The van der Waals surface area contributed by atoms with Gasteiger partial charge in [0.2, 0.25) is 0 Å². The van der Waals surface area contributed by atoms with E-state index in [4.69, 9.17) is 10.6 Å². The number of aromatic nitrogens is 1. The van der Waals surface area contributed by atoms with Gasteiger partial charge < -0.3 is 5.11 Å². The smallest absolute Gasteiger partial charge is 0.327 e. The molecule has 0 amide bonds. The van der Waals surface area contributed by atoms with Crippen LogP contribution in [-0.2, 0) is 4.79 Å². The predicted octanol–water partition coefficient (Wildman–Crippen LogP) is 2.63. The molecule has 0 spiro atoms. The van der Waals surface area contributed by atoms with Crippen LogP contribution in [0.5, 0.6) is 0 Å². The number of aliphatic carboxylic acids is 1. The number of hydrogen-bond acceptors (Lipinski definition) is 4. The summed E-state index contributed by atoms with van der Waals surface area (Å²) in [5.74, 6) is -1.05.